The van der Waals surface area contributed by atoms with Crippen molar-refractivity contribution in [1.29, 1.82) is 0 Å². The number of aromatic nitrogens is 1. The monoisotopic (exact) mass is 715 g/mol. The lowest BCUT2D eigenvalue weighted by Crippen LogP contribution is -2.35. The topological polar surface area (TPSA) is 98.8 Å². The lowest BCUT2D eigenvalue weighted by atomic mass is 9.86. The third-order valence-corrected chi connectivity index (χ3v) is 11.2. The Kier molecular flexibility index (Phi) is 12.5. The van der Waals surface area contributed by atoms with Crippen molar-refractivity contribution in [1.82, 2.24) is 9.88 Å². The molecule has 8 nitrogen and oxygen atoms in total. The summed E-state index contributed by atoms with van der Waals surface area (Å²) >= 11 is 0. The molecule has 4 rings (SSSR count). The third kappa shape index (κ3) is 9.72. The summed E-state index contributed by atoms with van der Waals surface area (Å²) < 4.78 is 70.8. The normalized spacial score (nSPS) is 15.3. The Balaban J connectivity index is 1.62. The third-order valence-electron chi connectivity index (χ3n) is 8.97. The zero-order valence-electron chi connectivity index (χ0n) is 30.5. The number of sulfone groups is 1. The number of anilines is 2. The number of benzene rings is 2. The SMILES string of the molecule is C=C(Nc1ccccc1S(=O)(=O)C(C)C)c1c(C)c[nH]c1/N=C(/Nc1cc(C)c(C2CCN(CCC(F)(F)F)CC2)cc1OC(C)C)C(C)C. The van der Waals surface area contributed by atoms with Crippen LogP contribution in [0.4, 0.5) is 30.4 Å². The maximum absolute atomic E-state index is 13.1. The lowest BCUT2D eigenvalue weighted by Gasteiger charge is -2.33. The molecule has 0 spiro atoms. The molecule has 0 unspecified atom stereocenters. The van der Waals surface area contributed by atoms with E-state index in [2.05, 4.69) is 41.3 Å². The first kappa shape index (κ1) is 39.0. The van der Waals surface area contributed by atoms with E-state index in [1.54, 1.807) is 38.1 Å². The molecule has 0 amide bonds. The summed E-state index contributed by atoms with van der Waals surface area (Å²) in [6, 6.07) is 11.0. The zero-order chi connectivity index (χ0) is 37.0. The smallest absolute Gasteiger partial charge is 0.390 e. The summed E-state index contributed by atoms with van der Waals surface area (Å²) in [5.74, 6) is 2.14. The van der Waals surface area contributed by atoms with E-state index >= 15 is 0 Å². The molecule has 1 aromatic heterocycles. The largest absolute Gasteiger partial charge is 0.489 e. The molecule has 1 aliphatic rings. The van der Waals surface area contributed by atoms with Crippen LogP contribution in [0.15, 0.2) is 59.1 Å². The van der Waals surface area contributed by atoms with Crippen LogP contribution in [0.25, 0.3) is 5.70 Å². The van der Waals surface area contributed by atoms with Gasteiger partial charge in [-0.3, -0.25) is 0 Å². The second-order valence-electron chi connectivity index (χ2n) is 14.0. The molecule has 0 aliphatic carbocycles. The van der Waals surface area contributed by atoms with Crippen LogP contribution in [0, 0.1) is 19.8 Å². The highest BCUT2D eigenvalue weighted by Gasteiger charge is 2.30. The fourth-order valence-corrected chi connectivity index (χ4v) is 7.38. The van der Waals surface area contributed by atoms with Crippen LogP contribution in [0.5, 0.6) is 5.75 Å². The highest BCUT2D eigenvalue weighted by atomic mass is 32.2. The first-order valence-corrected chi connectivity index (χ1v) is 18.8. The van der Waals surface area contributed by atoms with Gasteiger partial charge in [0.2, 0.25) is 0 Å². The van der Waals surface area contributed by atoms with E-state index in [-0.39, 0.29) is 29.4 Å². The van der Waals surface area contributed by atoms with Crippen molar-refractivity contribution in [3.8, 4) is 5.75 Å². The first-order valence-electron chi connectivity index (χ1n) is 17.3. The number of hydrogen-bond donors (Lipinski definition) is 3. The van der Waals surface area contributed by atoms with E-state index in [1.165, 1.54) is 0 Å². The van der Waals surface area contributed by atoms with Crippen LogP contribution in [0.3, 0.4) is 0 Å². The van der Waals surface area contributed by atoms with Gasteiger partial charge in [0.1, 0.15) is 17.4 Å². The van der Waals surface area contributed by atoms with Gasteiger partial charge in [-0.25, -0.2) is 13.4 Å². The number of aryl methyl sites for hydroxylation is 2. The number of alkyl halides is 3. The quantitative estimate of drug-likeness (QED) is 0.120. The minimum absolute atomic E-state index is 0.0162. The fourth-order valence-electron chi connectivity index (χ4n) is 6.18. The number of piperidine rings is 1. The van der Waals surface area contributed by atoms with Crippen LogP contribution in [-0.2, 0) is 9.84 Å². The second kappa shape index (κ2) is 16.1. The Morgan fingerprint density at radius 3 is 2.28 bits per heavy atom. The molecule has 1 fully saturated rings. The molecule has 50 heavy (non-hydrogen) atoms. The Hall–Kier alpha value is -3.77. The molecule has 2 heterocycles. The maximum atomic E-state index is 13.1. The van der Waals surface area contributed by atoms with Crippen LogP contribution < -0.4 is 15.4 Å². The predicted octanol–water partition coefficient (Wildman–Crippen LogP) is 9.61. The van der Waals surface area contributed by atoms with Gasteiger partial charge < -0.3 is 25.3 Å². The number of aliphatic imine (C=N–C) groups is 1. The Bertz CT molecular complexity index is 1790. The molecule has 3 N–H and O–H groups in total. The summed E-state index contributed by atoms with van der Waals surface area (Å²) in [5.41, 5.74) is 5.56. The summed E-state index contributed by atoms with van der Waals surface area (Å²) in [7, 11) is -3.54. The first-order chi connectivity index (χ1) is 23.4. The molecule has 2 aromatic carbocycles. The summed E-state index contributed by atoms with van der Waals surface area (Å²) in [6.45, 7) is 20.9. The highest BCUT2D eigenvalue weighted by molar-refractivity contribution is 7.92. The van der Waals surface area contributed by atoms with E-state index < -0.39 is 27.7 Å². The summed E-state index contributed by atoms with van der Waals surface area (Å²) in [6.07, 6.45) is -1.61. The van der Waals surface area contributed by atoms with Crippen molar-refractivity contribution in [3.05, 3.63) is 71.4 Å². The predicted molar refractivity (Wildman–Crippen MR) is 199 cm³/mol. The van der Waals surface area contributed by atoms with E-state index in [0.717, 1.165) is 40.8 Å². The number of nitrogens with one attached hydrogen (secondary N) is 3. The Morgan fingerprint density at radius 2 is 1.68 bits per heavy atom. The number of hydrogen-bond acceptors (Lipinski definition) is 6. The van der Waals surface area contributed by atoms with Crippen molar-refractivity contribution in [3.63, 3.8) is 0 Å². The van der Waals surface area contributed by atoms with Gasteiger partial charge in [0.15, 0.2) is 9.84 Å². The lowest BCUT2D eigenvalue weighted by molar-refractivity contribution is -0.138. The average molecular weight is 716 g/mol. The zero-order valence-corrected chi connectivity index (χ0v) is 31.3. The number of likely N-dealkylation sites (tertiary alicyclic amines) is 1. The van der Waals surface area contributed by atoms with E-state index in [9.17, 15) is 21.6 Å². The number of ether oxygens (including phenoxy) is 1. The van der Waals surface area contributed by atoms with Gasteiger partial charge >= 0.3 is 6.18 Å². The van der Waals surface area contributed by atoms with E-state index in [0.29, 0.717) is 41.9 Å². The average Bonchev–Trinajstić information content (AvgIpc) is 3.40. The van der Waals surface area contributed by atoms with Gasteiger partial charge in [0.25, 0.3) is 0 Å². The second-order valence-corrected chi connectivity index (χ2v) is 16.5. The molecule has 0 radical (unpaired) electrons. The van der Waals surface area contributed by atoms with Gasteiger partial charge in [-0.1, -0.05) is 32.6 Å². The number of nitrogens with zero attached hydrogens (tertiary/aromatic N) is 2. The van der Waals surface area contributed by atoms with Gasteiger partial charge in [-0.2, -0.15) is 13.2 Å². The van der Waals surface area contributed by atoms with Crippen molar-refractivity contribution < 1.29 is 26.3 Å². The Morgan fingerprint density at radius 1 is 1.02 bits per heavy atom. The van der Waals surface area contributed by atoms with Gasteiger partial charge in [0.05, 0.1) is 34.0 Å². The standard InChI is InChI=1S/C38H52F3N5O3S/c1-23(2)36(45-37-35(27(8)22-42-37)28(9)43-31-12-10-11-13-34(31)50(47,48)25(5)6)44-32-20-26(7)30(21-33(32)49-24(3)4)29-14-17-46(18-15-29)19-16-38(39,40)41/h10-13,20-25,29,42-43H,9,14-19H2,1-8H3,(H,44,45). The summed E-state index contributed by atoms with van der Waals surface area (Å²) in [4.78, 5) is 10.4. The number of para-hydroxylation sites is 1. The molecule has 0 bridgehead atoms. The molecule has 3 aromatic rings. The molecular weight excluding hydrogens is 664 g/mol. The van der Waals surface area contributed by atoms with Gasteiger partial charge in [-0.05, 0) is 114 Å². The number of H-pyrrole nitrogens is 1. The number of rotatable bonds is 13. The maximum Gasteiger partial charge on any atom is 0.390 e. The van der Waals surface area contributed by atoms with Gasteiger partial charge in [-0.15, -0.1) is 0 Å². The fraction of sp³-hybridized carbons (Fsp3) is 0.500. The molecule has 1 saturated heterocycles. The highest BCUT2D eigenvalue weighted by Crippen LogP contribution is 2.38. The minimum atomic E-state index is -4.14. The molecule has 12 heteroatoms. The molecule has 0 atom stereocenters. The Labute approximate surface area is 295 Å². The van der Waals surface area contributed by atoms with Crippen LogP contribution >= 0.6 is 0 Å². The molecule has 274 valence electrons. The van der Waals surface area contributed by atoms with Crippen molar-refractivity contribution in [2.45, 2.75) is 103 Å². The molecule has 0 saturated carbocycles. The summed E-state index contributed by atoms with van der Waals surface area (Å²) in [5, 5.41) is 6.20. The van der Waals surface area contributed by atoms with Crippen LogP contribution in [-0.4, -0.2) is 61.3 Å². The van der Waals surface area contributed by atoms with Crippen molar-refractivity contribution in [2.24, 2.45) is 10.9 Å². The van der Waals surface area contributed by atoms with Crippen molar-refractivity contribution in [2.75, 3.05) is 30.3 Å². The molecule has 1 aliphatic heterocycles. The molecular formula is C38H52F3N5O3S. The minimum Gasteiger partial charge on any atom is -0.489 e. The van der Waals surface area contributed by atoms with Crippen LogP contribution in [0.1, 0.15) is 89.0 Å². The van der Waals surface area contributed by atoms with Crippen molar-refractivity contribution >= 4 is 38.6 Å². The van der Waals surface area contributed by atoms with E-state index in [4.69, 9.17) is 9.73 Å². The van der Waals surface area contributed by atoms with E-state index in [1.807, 2.05) is 45.7 Å². The number of halogens is 3. The van der Waals surface area contributed by atoms with Gasteiger partial charge in [0, 0.05) is 29.9 Å². The number of aromatic amines is 1. The number of amidine groups is 1. The van der Waals surface area contributed by atoms with Crippen LogP contribution in [0.2, 0.25) is 0 Å².